The number of aromatic nitrogens is 1. The summed E-state index contributed by atoms with van der Waals surface area (Å²) >= 11 is 5.86. The van der Waals surface area contributed by atoms with Crippen molar-refractivity contribution < 1.29 is 4.79 Å². The van der Waals surface area contributed by atoms with Crippen LogP contribution in [0, 0.1) is 6.92 Å². The van der Waals surface area contributed by atoms with Gasteiger partial charge in [0.15, 0.2) is 5.15 Å². The van der Waals surface area contributed by atoms with Crippen molar-refractivity contribution in [2.24, 2.45) is 0 Å². The summed E-state index contributed by atoms with van der Waals surface area (Å²) in [5, 5.41) is 5.97. The van der Waals surface area contributed by atoms with E-state index in [9.17, 15) is 4.79 Å². The summed E-state index contributed by atoms with van der Waals surface area (Å²) in [7, 11) is 0. The molecule has 1 rings (SSSR count). The van der Waals surface area contributed by atoms with Gasteiger partial charge in [0, 0.05) is 6.20 Å². The van der Waals surface area contributed by atoms with Gasteiger partial charge in [-0.05, 0) is 25.1 Å². The summed E-state index contributed by atoms with van der Waals surface area (Å²) in [6.07, 6.45) is 1.61. The third kappa shape index (κ3) is 3.49. The number of carbonyl (C=O) groups is 1. The molecule has 1 heterocycles. The second-order valence-electron chi connectivity index (χ2n) is 3.12. The van der Waals surface area contributed by atoms with Crippen molar-refractivity contribution in [3.05, 3.63) is 23.0 Å². The van der Waals surface area contributed by atoms with Gasteiger partial charge in [-0.25, -0.2) is 4.98 Å². The van der Waals surface area contributed by atoms with Crippen molar-refractivity contribution >= 4 is 23.2 Å². The molecule has 0 aliphatic carbocycles. The summed E-state index contributed by atoms with van der Waals surface area (Å²) in [6.45, 7) is 4.85. The Bertz CT molecular complexity index is 334. The summed E-state index contributed by atoms with van der Waals surface area (Å²) < 4.78 is 0. The number of anilines is 1. The zero-order chi connectivity index (χ0) is 11.3. The average molecular weight is 228 g/mol. The molecular weight excluding hydrogens is 214 g/mol. The zero-order valence-electron chi connectivity index (χ0n) is 8.80. The normalized spacial score (nSPS) is 10.1. The molecule has 0 spiro atoms. The lowest BCUT2D eigenvalue weighted by Gasteiger charge is -2.09. The summed E-state index contributed by atoms with van der Waals surface area (Å²) in [5.41, 5.74) is 1.49. The maximum Gasteiger partial charge on any atom is 0.238 e. The first-order valence-electron chi connectivity index (χ1n) is 4.76. The fourth-order valence-electron chi connectivity index (χ4n) is 1.10. The lowest BCUT2D eigenvalue weighted by molar-refractivity contribution is -0.115. The summed E-state index contributed by atoms with van der Waals surface area (Å²) in [4.78, 5) is 15.3. The Morgan fingerprint density at radius 2 is 2.33 bits per heavy atom. The first kappa shape index (κ1) is 11.9. The minimum Gasteiger partial charge on any atom is -0.322 e. The van der Waals surface area contributed by atoms with E-state index in [4.69, 9.17) is 11.6 Å². The van der Waals surface area contributed by atoms with Crippen LogP contribution in [-0.4, -0.2) is 24.0 Å². The fourth-order valence-corrected chi connectivity index (χ4v) is 1.35. The highest BCUT2D eigenvalue weighted by molar-refractivity contribution is 6.32. The minimum atomic E-state index is -0.116. The number of carbonyl (C=O) groups excluding carboxylic acids is 1. The summed E-state index contributed by atoms with van der Waals surface area (Å²) in [5.74, 6) is -0.116. The molecule has 0 bridgehead atoms. The Balaban J connectivity index is 2.68. The Kier molecular flexibility index (Phi) is 4.52. The van der Waals surface area contributed by atoms with Crippen molar-refractivity contribution in [2.45, 2.75) is 13.8 Å². The monoisotopic (exact) mass is 227 g/mol. The molecule has 0 aliphatic heterocycles. The number of hydrogen-bond donors (Lipinski definition) is 2. The highest BCUT2D eigenvalue weighted by atomic mass is 35.5. The van der Waals surface area contributed by atoms with E-state index in [1.54, 1.807) is 12.3 Å². The van der Waals surface area contributed by atoms with E-state index >= 15 is 0 Å². The van der Waals surface area contributed by atoms with E-state index < -0.39 is 0 Å². The molecule has 15 heavy (non-hydrogen) atoms. The van der Waals surface area contributed by atoms with Crippen molar-refractivity contribution in [1.29, 1.82) is 0 Å². The van der Waals surface area contributed by atoms with Crippen molar-refractivity contribution in [1.82, 2.24) is 10.3 Å². The average Bonchev–Trinajstić information content (AvgIpc) is 2.21. The van der Waals surface area contributed by atoms with Crippen LogP contribution in [0.5, 0.6) is 0 Å². The third-order valence-electron chi connectivity index (χ3n) is 1.91. The second kappa shape index (κ2) is 5.68. The molecule has 1 aromatic rings. The lowest BCUT2D eigenvalue weighted by Crippen LogP contribution is -2.28. The molecule has 0 unspecified atom stereocenters. The van der Waals surface area contributed by atoms with Gasteiger partial charge in [0.05, 0.1) is 12.2 Å². The molecule has 1 amide bonds. The highest BCUT2D eigenvalue weighted by Gasteiger charge is 2.08. The number of amides is 1. The van der Waals surface area contributed by atoms with Crippen LogP contribution in [0.4, 0.5) is 5.69 Å². The zero-order valence-corrected chi connectivity index (χ0v) is 9.56. The van der Waals surface area contributed by atoms with Gasteiger partial charge < -0.3 is 10.6 Å². The molecule has 0 fully saturated rings. The smallest absolute Gasteiger partial charge is 0.238 e. The molecule has 0 saturated heterocycles. The van der Waals surface area contributed by atoms with Crippen LogP contribution in [0.25, 0.3) is 0 Å². The predicted molar refractivity (Wildman–Crippen MR) is 61.2 cm³/mol. The molecule has 1 aromatic heterocycles. The first-order chi connectivity index (χ1) is 7.15. The number of aryl methyl sites for hydroxylation is 1. The van der Waals surface area contributed by atoms with E-state index in [-0.39, 0.29) is 12.5 Å². The molecule has 0 atom stereocenters. The van der Waals surface area contributed by atoms with Gasteiger partial charge in [-0.2, -0.15) is 0 Å². The van der Waals surface area contributed by atoms with Crippen molar-refractivity contribution in [3.63, 3.8) is 0 Å². The van der Waals surface area contributed by atoms with Gasteiger partial charge in [0.25, 0.3) is 0 Å². The number of likely N-dealkylation sites (N-methyl/N-ethyl adjacent to an activating group) is 1. The standard InChI is InChI=1S/C10H14ClN3O/c1-3-12-6-8(15)14-9-7(2)4-5-13-10(9)11/h4-5,12H,3,6H2,1-2H3,(H,14,15). The topological polar surface area (TPSA) is 54.0 Å². The third-order valence-corrected chi connectivity index (χ3v) is 2.20. The predicted octanol–water partition coefficient (Wildman–Crippen LogP) is 1.59. The Hall–Kier alpha value is -1.13. The second-order valence-corrected chi connectivity index (χ2v) is 3.48. The quantitative estimate of drug-likeness (QED) is 0.769. The Labute approximate surface area is 94.0 Å². The number of nitrogens with one attached hydrogen (secondary N) is 2. The fraction of sp³-hybridized carbons (Fsp3) is 0.400. The molecule has 5 heteroatoms. The van der Waals surface area contributed by atoms with Crippen LogP contribution in [0.2, 0.25) is 5.15 Å². The van der Waals surface area contributed by atoms with Crippen LogP contribution < -0.4 is 10.6 Å². The maximum absolute atomic E-state index is 11.4. The molecule has 0 saturated carbocycles. The van der Waals surface area contributed by atoms with Crippen molar-refractivity contribution in [2.75, 3.05) is 18.4 Å². The van der Waals surface area contributed by atoms with E-state index in [0.29, 0.717) is 10.8 Å². The van der Waals surface area contributed by atoms with E-state index in [2.05, 4.69) is 15.6 Å². The number of nitrogens with zero attached hydrogens (tertiary/aromatic N) is 1. The van der Waals surface area contributed by atoms with E-state index in [1.807, 2.05) is 13.8 Å². The molecule has 0 aromatic carbocycles. The van der Waals surface area contributed by atoms with Crippen LogP contribution >= 0.6 is 11.6 Å². The molecule has 0 aliphatic rings. The van der Waals surface area contributed by atoms with Gasteiger partial charge in [0.1, 0.15) is 0 Å². The van der Waals surface area contributed by atoms with Crippen LogP contribution in [-0.2, 0) is 4.79 Å². The van der Waals surface area contributed by atoms with Gasteiger partial charge in [-0.15, -0.1) is 0 Å². The highest BCUT2D eigenvalue weighted by Crippen LogP contribution is 2.22. The summed E-state index contributed by atoms with van der Waals surface area (Å²) in [6, 6.07) is 1.80. The number of rotatable bonds is 4. The van der Waals surface area contributed by atoms with Gasteiger partial charge in [0.2, 0.25) is 5.91 Å². The minimum absolute atomic E-state index is 0.116. The largest absolute Gasteiger partial charge is 0.322 e. The van der Waals surface area contributed by atoms with Crippen LogP contribution in [0.3, 0.4) is 0 Å². The molecule has 4 nitrogen and oxygen atoms in total. The Morgan fingerprint density at radius 3 is 2.93 bits per heavy atom. The van der Waals surface area contributed by atoms with E-state index in [0.717, 1.165) is 12.1 Å². The van der Waals surface area contributed by atoms with Gasteiger partial charge >= 0.3 is 0 Å². The number of pyridine rings is 1. The van der Waals surface area contributed by atoms with Gasteiger partial charge in [-0.1, -0.05) is 18.5 Å². The Morgan fingerprint density at radius 1 is 1.60 bits per heavy atom. The number of hydrogen-bond acceptors (Lipinski definition) is 3. The first-order valence-corrected chi connectivity index (χ1v) is 5.14. The maximum atomic E-state index is 11.4. The van der Waals surface area contributed by atoms with Crippen LogP contribution in [0.15, 0.2) is 12.3 Å². The van der Waals surface area contributed by atoms with Crippen molar-refractivity contribution in [3.8, 4) is 0 Å². The lowest BCUT2D eigenvalue weighted by atomic mass is 10.2. The molecule has 0 radical (unpaired) electrons. The number of halogens is 1. The van der Waals surface area contributed by atoms with E-state index in [1.165, 1.54) is 0 Å². The van der Waals surface area contributed by atoms with Gasteiger partial charge in [-0.3, -0.25) is 4.79 Å². The molecule has 82 valence electrons. The SMILES string of the molecule is CCNCC(=O)Nc1c(C)ccnc1Cl. The molecule has 2 N–H and O–H groups in total. The van der Waals surface area contributed by atoms with Crippen LogP contribution in [0.1, 0.15) is 12.5 Å². The molecular formula is C10H14ClN3O.